The lowest BCUT2D eigenvalue weighted by molar-refractivity contribution is 0.598. The van der Waals surface area contributed by atoms with E-state index >= 15 is 0 Å². The van der Waals surface area contributed by atoms with Crippen LogP contribution in [0.15, 0.2) is 68.7 Å². The average Bonchev–Trinajstić information content (AvgIpc) is 2.98. The predicted molar refractivity (Wildman–Crippen MR) is 100 cm³/mol. The van der Waals surface area contributed by atoms with Crippen molar-refractivity contribution in [1.82, 2.24) is 9.78 Å². The molecule has 130 valence electrons. The first kappa shape index (κ1) is 18.1. The van der Waals surface area contributed by atoms with Crippen molar-refractivity contribution in [3.63, 3.8) is 0 Å². The van der Waals surface area contributed by atoms with E-state index in [0.717, 1.165) is 17.7 Å². The third kappa shape index (κ3) is 4.28. The minimum atomic E-state index is -3.90. The van der Waals surface area contributed by atoms with Crippen LogP contribution >= 0.6 is 31.9 Å². The van der Waals surface area contributed by atoms with Crippen LogP contribution in [0.1, 0.15) is 5.56 Å². The highest BCUT2D eigenvalue weighted by Gasteiger charge is 2.22. The van der Waals surface area contributed by atoms with E-state index in [2.05, 4.69) is 41.7 Å². The number of hydrogen-bond donors (Lipinski definition) is 1. The van der Waals surface area contributed by atoms with Crippen molar-refractivity contribution in [2.45, 2.75) is 11.4 Å². The van der Waals surface area contributed by atoms with Gasteiger partial charge in [-0.3, -0.25) is 9.40 Å². The lowest BCUT2D eigenvalue weighted by Gasteiger charge is -2.12. The SMILES string of the molecule is O=S(=O)(Nc1cccc(Cn2cccn2)c1)c1c(Br)cc(F)cc1Br. The van der Waals surface area contributed by atoms with Crippen molar-refractivity contribution < 1.29 is 12.8 Å². The number of nitrogens with zero attached hydrogens (tertiary/aromatic N) is 2. The molecule has 1 aromatic heterocycles. The van der Waals surface area contributed by atoms with Crippen LogP contribution in [0.4, 0.5) is 10.1 Å². The van der Waals surface area contributed by atoms with Gasteiger partial charge in [0.1, 0.15) is 10.7 Å². The first-order valence-electron chi connectivity index (χ1n) is 7.09. The molecule has 3 aromatic rings. The summed E-state index contributed by atoms with van der Waals surface area (Å²) in [5.74, 6) is -0.543. The molecule has 25 heavy (non-hydrogen) atoms. The lowest BCUT2D eigenvalue weighted by Crippen LogP contribution is -2.15. The molecule has 0 saturated heterocycles. The molecule has 0 aliphatic rings. The molecule has 0 fully saturated rings. The van der Waals surface area contributed by atoms with E-state index in [1.54, 1.807) is 29.1 Å². The van der Waals surface area contributed by atoms with Gasteiger partial charge >= 0.3 is 0 Å². The van der Waals surface area contributed by atoms with Crippen LogP contribution in [-0.4, -0.2) is 18.2 Å². The first-order valence-corrected chi connectivity index (χ1v) is 10.2. The maximum Gasteiger partial charge on any atom is 0.264 e. The number of halogens is 3. The largest absolute Gasteiger partial charge is 0.280 e. The van der Waals surface area contributed by atoms with Crippen LogP contribution in [0.2, 0.25) is 0 Å². The molecule has 0 saturated carbocycles. The summed E-state index contributed by atoms with van der Waals surface area (Å²) in [6.45, 7) is 0.520. The smallest absolute Gasteiger partial charge is 0.264 e. The Kier molecular flexibility index (Phi) is 5.26. The van der Waals surface area contributed by atoms with E-state index < -0.39 is 15.8 Å². The van der Waals surface area contributed by atoms with Gasteiger partial charge in [-0.25, -0.2) is 12.8 Å². The van der Waals surface area contributed by atoms with Crippen LogP contribution in [0.3, 0.4) is 0 Å². The highest BCUT2D eigenvalue weighted by atomic mass is 79.9. The first-order chi connectivity index (χ1) is 11.8. The summed E-state index contributed by atoms with van der Waals surface area (Å²) < 4.78 is 43.2. The number of rotatable bonds is 5. The van der Waals surface area contributed by atoms with E-state index in [1.165, 1.54) is 0 Å². The van der Waals surface area contributed by atoms with Crippen molar-refractivity contribution in [1.29, 1.82) is 0 Å². The van der Waals surface area contributed by atoms with Crippen molar-refractivity contribution in [3.05, 3.63) is 75.2 Å². The van der Waals surface area contributed by atoms with Gasteiger partial charge in [0, 0.05) is 27.0 Å². The number of aromatic nitrogens is 2. The monoisotopic (exact) mass is 487 g/mol. The van der Waals surface area contributed by atoms with Crippen molar-refractivity contribution in [3.8, 4) is 0 Å². The fraction of sp³-hybridized carbons (Fsp3) is 0.0625. The topological polar surface area (TPSA) is 64.0 Å². The Morgan fingerprint density at radius 3 is 2.48 bits per heavy atom. The molecule has 3 rings (SSSR count). The predicted octanol–water partition coefficient (Wildman–Crippen LogP) is 4.40. The number of hydrogen-bond acceptors (Lipinski definition) is 3. The molecule has 1 heterocycles. The van der Waals surface area contributed by atoms with Crippen LogP contribution < -0.4 is 4.72 Å². The summed E-state index contributed by atoms with van der Waals surface area (Å²) in [6.07, 6.45) is 3.50. The van der Waals surface area contributed by atoms with Crippen LogP contribution in [0.5, 0.6) is 0 Å². The van der Waals surface area contributed by atoms with E-state index in [1.807, 2.05) is 18.3 Å². The molecule has 5 nitrogen and oxygen atoms in total. The molecule has 0 atom stereocenters. The number of sulfonamides is 1. The number of anilines is 1. The fourth-order valence-electron chi connectivity index (χ4n) is 2.31. The Morgan fingerprint density at radius 2 is 1.84 bits per heavy atom. The Bertz CT molecular complexity index is 985. The van der Waals surface area contributed by atoms with Gasteiger partial charge in [0.05, 0.1) is 6.54 Å². The maximum absolute atomic E-state index is 13.4. The Hall–Kier alpha value is -1.71. The van der Waals surface area contributed by atoms with Gasteiger partial charge in [0.15, 0.2) is 0 Å². The van der Waals surface area contributed by atoms with Crippen LogP contribution in [0.25, 0.3) is 0 Å². The molecule has 0 bridgehead atoms. The molecule has 0 spiro atoms. The summed E-state index contributed by atoms with van der Waals surface area (Å²) in [5.41, 5.74) is 1.30. The standard InChI is InChI=1S/C16H12Br2FN3O2S/c17-14-8-12(19)9-15(18)16(14)25(23,24)21-13-4-1-3-11(7-13)10-22-6-2-5-20-22/h1-9,21H,10H2. The normalized spacial score (nSPS) is 11.5. The zero-order valence-electron chi connectivity index (χ0n) is 12.7. The Morgan fingerprint density at radius 1 is 1.12 bits per heavy atom. The van der Waals surface area contributed by atoms with Gasteiger partial charge in [-0.05, 0) is 67.8 Å². The molecule has 0 amide bonds. The Labute approximate surface area is 161 Å². The zero-order chi connectivity index (χ0) is 18.0. The molecule has 0 radical (unpaired) electrons. The molecular weight excluding hydrogens is 477 g/mol. The second kappa shape index (κ2) is 7.27. The summed E-state index contributed by atoms with van der Waals surface area (Å²) in [6, 6.07) is 11.0. The third-order valence-corrected chi connectivity index (χ3v) is 6.57. The van der Waals surface area contributed by atoms with Crippen LogP contribution in [-0.2, 0) is 16.6 Å². The van der Waals surface area contributed by atoms with E-state index in [0.29, 0.717) is 12.2 Å². The van der Waals surface area contributed by atoms with Gasteiger partial charge in [-0.2, -0.15) is 5.10 Å². The molecule has 2 aromatic carbocycles. The quantitative estimate of drug-likeness (QED) is 0.579. The minimum absolute atomic E-state index is 0.0635. The molecule has 9 heteroatoms. The van der Waals surface area contributed by atoms with Crippen molar-refractivity contribution >= 4 is 47.6 Å². The maximum atomic E-state index is 13.4. The fourth-order valence-corrected chi connectivity index (χ4v) is 5.89. The third-order valence-electron chi connectivity index (χ3n) is 3.31. The van der Waals surface area contributed by atoms with Gasteiger partial charge in [0.25, 0.3) is 10.0 Å². The summed E-state index contributed by atoms with van der Waals surface area (Å²) in [4.78, 5) is -0.0635. The second-order valence-corrected chi connectivity index (χ2v) is 8.54. The molecule has 0 unspecified atom stereocenters. The second-order valence-electron chi connectivity index (χ2n) is 5.21. The number of nitrogens with one attached hydrogen (secondary N) is 1. The molecule has 1 N–H and O–H groups in total. The molecule has 0 aliphatic heterocycles. The highest BCUT2D eigenvalue weighted by Crippen LogP contribution is 2.32. The molecule has 0 aliphatic carbocycles. The number of benzene rings is 2. The lowest BCUT2D eigenvalue weighted by atomic mass is 10.2. The Balaban J connectivity index is 1.89. The average molecular weight is 489 g/mol. The van der Waals surface area contributed by atoms with Gasteiger partial charge in [0.2, 0.25) is 0 Å². The van der Waals surface area contributed by atoms with E-state index in [9.17, 15) is 12.8 Å². The van der Waals surface area contributed by atoms with Crippen molar-refractivity contribution in [2.24, 2.45) is 0 Å². The van der Waals surface area contributed by atoms with Gasteiger partial charge < -0.3 is 0 Å². The minimum Gasteiger partial charge on any atom is -0.280 e. The van der Waals surface area contributed by atoms with Gasteiger partial charge in [-0.1, -0.05) is 12.1 Å². The van der Waals surface area contributed by atoms with Gasteiger partial charge in [-0.15, -0.1) is 0 Å². The zero-order valence-corrected chi connectivity index (χ0v) is 16.6. The van der Waals surface area contributed by atoms with E-state index in [4.69, 9.17) is 0 Å². The van der Waals surface area contributed by atoms with Crippen LogP contribution in [0, 0.1) is 5.82 Å². The summed E-state index contributed by atoms with van der Waals surface area (Å²) in [5, 5.41) is 4.12. The summed E-state index contributed by atoms with van der Waals surface area (Å²) >= 11 is 6.20. The van der Waals surface area contributed by atoms with E-state index in [-0.39, 0.29) is 13.8 Å². The van der Waals surface area contributed by atoms with Crippen molar-refractivity contribution in [2.75, 3.05) is 4.72 Å². The molecular formula is C16H12Br2FN3O2S. The summed E-state index contributed by atoms with van der Waals surface area (Å²) in [7, 11) is -3.90. The highest BCUT2D eigenvalue weighted by molar-refractivity contribution is 9.11.